The van der Waals surface area contributed by atoms with Crippen LogP contribution >= 0.6 is 50.9 Å². The van der Waals surface area contributed by atoms with Crippen molar-refractivity contribution in [3.05, 3.63) is 117 Å². The molecule has 0 aliphatic rings. The van der Waals surface area contributed by atoms with E-state index in [-0.39, 0.29) is 11.4 Å². The Morgan fingerprint density at radius 3 is 2.27 bits per heavy atom. The number of sulfonamides is 1. The highest BCUT2D eigenvalue weighted by Gasteiger charge is 2.28. The fraction of sp³-hybridized carbons (Fsp3) is 0.0741. The molecule has 0 fully saturated rings. The van der Waals surface area contributed by atoms with Gasteiger partial charge in [-0.3, -0.25) is 4.79 Å². The van der Waals surface area contributed by atoms with Crippen LogP contribution in [0.4, 0.5) is 5.69 Å². The van der Waals surface area contributed by atoms with Gasteiger partial charge in [-0.05, 0) is 66.2 Å². The number of hydrogen-bond acceptors (Lipinski definition) is 4. The molecule has 4 aromatic carbocycles. The summed E-state index contributed by atoms with van der Waals surface area (Å²) in [5.74, 6) is -0.480. The maximum atomic E-state index is 13.6. The van der Waals surface area contributed by atoms with E-state index in [9.17, 15) is 13.2 Å². The smallest absolute Gasteiger partial charge is 0.243 e. The Hall–Kier alpha value is -2.33. The Morgan fingerprint density at radius 1 is 0.892 bits per heavy atom. The lowest BCUT2D eigenvalue weighted by molar-refractivity contribution is -0.116. The van der Waals surface area contributed by atoms with Crippen LogP contribution in [0.15, 0.2) is 116 Å². The van der Waals surface area contributed by atoms with Crippen LogP contribution in [-0.4, -0.2) is 25.2 Å². The standard InChI is InChI=1S/C27H21BrCl2N2O3S2/c28-20-11-14-23(15-12-20)37(34,35)32(17-19-10-13-21(29)16-24(19)30)18-27(33)31-25-8-4-5-9-26(25)36-22-6-2-1-3-7-22/h1-16H,17-18H2,(H,31,33). The number of para-hydroxylation sites is 1. The molecule has 4 aromatic rings. The highest BCUT2D eigenvalue weighted by molar-refractivity contribution is 9.10. The van der Waals surface area contributed by atoms with Gasteiger partial charge in [-0.1, -0.05) is 87.3 Å². The summed E-state index contributed by atoms with van der Waals surface area (Å²) in [6.45, 7) is -0.524. The number of hydrogen-bond donors (Lipinski definition) is 1. The number of benzene rings is 4. The molecule has 0 spiro atoms. The number of amides is 1. The minimum absolute atomic E-state index is 0.0635. The van der Waals surface area contributed by atoms with Crippen molar-refractivity contribution < 1.29 is 13.2 Å². The monoisotopic (exact) mass is 634 g/mol. The largest absolute Gasteiger partial charge is 0.324 e. The van der Waals surface area contributed by atoms with E-state index in [4.69, 9.17) is 23.2 Å². The Labute approximate surface area is 239 Å². The fourth-order valence-electron chi connectivity index (χ4n) is 3.45. The average Bonchev–Trinajstić information content (AvgIpc) is 2.87. The molecule has 0 saturated carbocycles. The van der Waals surface area contributed by atoms with E-state index in [1.807, 2.05) is 48.5 Å². The van der Waals surface area contributed by atoms with Crippen LogP contribution < -0.4 is 5.32 Å². The van der Waals surface area contributed by atoms with E-state index in [0.29, 0.717) is 21.3 Å². The summed E-state index contributed by atoms with van der Waals surface area (Å²) >= 11 is 17.2. The summed E-state index contributed by atoms with van der Waals surface area (Å²) in [6.07, 6.45) is 0. The van der Waals surface area contributed by atoms with E-state index >= 15 is 0 Å². The predicted octanol–water partition coefficient (Wildman–Crippen LogP) is 7.74. The molecule has 0 unspecified atom stereocenters. The molecular weight excluding hydrogens is 615 g/mol. The molecule has 0 radical (unpaired) electrons. The van der Waals surface area contributed by atoms with Crippen molar-refractivity contribution in [3.63, 3.8) is 0 Å². The lowest BCUT2D eigenvalue weighted by Gasteiger charge is -2.23. The molecule has 5 nitrogen and oxygen atoms in total. The fourth-order valence-corrected chi connectivity index (χ4v) is 6.48. The van der Waals surface area contributed by atoms with Gasteiger partial charge in [0, 0.05) is 30.9 Å². The van der Waals surface area contributed by atoms with Crippen molar-refractivity contribution >= 4 is 72.5 Å². The first kappa shape index (κ1) is 27.7. The van der Waals surface area contributed by atoms with Gasteiger partial charge in [-0.25, -0.2) is 8.42 Å². The van der Waals surface area contributed by atoms with Gasteiger partial charge in [0.2, 0.25) is 15.9 Å². The van der Waals surface area contributed by atoms with Gasteiger partial charge in [0.1, 0.15) is 0 Å². The van der Waals surface area contributed by atoms with Gasteiger partial charge in [0.15, 0.2) is 0 Å². The molecule has 4 rings (SSSR count). The van der Waals surface area contributed by atoms with Gasteiger partial charge in [-0.2, -0.15) is 4.31 Å². The molecule has 0 aliphatic carbocycles. The zero-order valence-electron chi connectivity index (χ0n) is 19.3. The van der Waals surface area contributed by atoms with Crippen LogP contribution in [0.1, 0.15) is 5.56 Å². The highest BCUT2D eigenvalue weighted by atomic mass is 79.9. The first-order valence-corrected chi connectivity index (χ1v) is 14.8. The minimum Gasteiger partial charge on any atom is -0.324 e. The summed E-state index contributed by atoms with van der Waals surface area (Å²) in [7, 11) is -4.03. The van der Waals surface area contributed by atoms with Crippen molar-refractivity contribution in [2.45, 2.75) is 21.2 Å². The zero-order valence-corrected chi connectivity index (χ0v) is 24.0. The molecule has 37 heavy (non-hydrogen) atoms. The number of halogens is 3. The molecule has 10 heteroatoms. The van der Waals surface area contributed by atoms with E-state index < -0.39 is 22.5 Å². The topological polar surface area (TPSA) is 66.5 Å². The molecule has 0 bridgehead atoms. The van der Waals surface area contributed by atoms with Crippen molar-refractivity contribution in [1.82, 2.24) is 4.31 Å². The van der Waals surface area contributed by atoms with Gasteiger partial charge >= 0.3 is 0 Å². The van der Waals surface area contributed by atoms with Gasteiger partial charge < -0.3 is 5.32 Å². The van der Waals surface area contributed by atoms with Crippen LogP contribution in [0.3, 0.4) is 0 Å². The zero-order chi connectivity index (χ0) is 26.4. The van der Waals surface area contributed by atoms with E-state index in [0.717, 1.165) is 18.6 Å². The lowest BCUT2D eigenvalue weighted by Crippen LogP contribution is -2.37. The van der Waals surface area contributed by atoms with Gasteiger partial charge in [0.05, 0.1) is 17.1 Å². The molecule has 0 saturated heterocycles. The van der Waals surface area contributed by atoms with Crippen molar-refractivity contribution in [2.75, 3.05) is 11.9 Å². The third-order valence-electron chi connectivity index (χ3n) is 5.27. The number of carbonyl (C=O) groups is 1. The third-order valence-corrected chi connectivity index (χ3v) is 9.27. The van der Waals surface area contributed by atoms with Crippen LogP contribution in [-0.2, 0) is 21.4 Å². The van der Waals surface area contributed by atoms with Crippen LogP contribution in [0.5, 0.6) is 0 Å². The summed E-state index contributed by atoms with van der Waals surface area (Å²) < 4.78 is 29.0. The molecule has 1 N–H and O–H groups in total. The molecule has 0 atom stereocenters. The van der Waals surface area contributed by atoms with Crippen molar-refractivity contribution in [1.29, 1.82) is 0 Å². The lowest BCUT2D eigenvalue weighted by atomic mass is 10.2. The van der Waals surface area contributed by atoms with E-state index in [1.54, 1.807) is 36.4 Å². The summed E-state index contributed by atoms with van der Waals surface area (Å²) in [5, 5.41) is 3.62. The van der Waals surface area contributed by atoms with Crippen LogP contribution in [0, 0.1) is 0 Å². The summed E-state index contributed by atoms with van der Waals surface area (Å²) in [5.41, 5.74) is 1.12. The number of rotatable bonds is 9. The highest BCUT2D eigenvalue weighted by Crippen LogP contribution is 2.33. The van der Waals surface area contributed by atoms with Gasteiger partial charge in [-0.15, -0.1) is 0 Å². The molecule has 0 aliphatic heterocycles. The molecule has 1 amide bonds. The normalized spacial score (nSPS) is 11.5. The SMILES string of the molecule is O=C(CN(Cc1ccc(Cl)cc1Cl)S(=O)(=O)c1ccc(Br)cc1)Nc1ccccc1Sc1ccccc1. The second kappa shape index (κ2) is 12.5. The van der Waals surface area contributed by atoms with Crippen LogP contribution in [0.2, 0.25) is 10.0 Å². The van der Waals surface area contributed by atoms with Crippen LogP contribution in [0.25, 0.3) is 0 Å². The third kappa shape index (κ3) is 7.37. The number of carbonyl (C=O) groups excluding carboxylic acids is 1. The Morgan fingerprint density at radius 2 is 1.57 bits per heavy atom. The first-order chi connectivity index (χ1) is 17.7. The minimum atomic E-state index is -4.03. The Bertz CT molecular complexity index is 1500. The number of nitrogens with zero attached hydrogens (tertiary/aromatic N) is 1. The second-order valence-corrected chi connectivity index (χ2v) is 12.7. The Kier molecular flexibility index (Phi) is 9.34. The van der Waals surface area contributed by atoms with E-state index in [1.165, 1.54) is 23.9 Å². The summed E-state index contributed by atoms with van der Waals surface area (Å²) in [6, 6.07) is 28.2. The summed E-state index contributed by atoms with van der Waals surface area (Å²) in [4.78, 5) is 15.1. The van der Waals surface area contributed by atoms with Crippen molar-refractivity contribution in [2.24, 2.45) is 0 Å². The molecular formula is C27H21BrCl2N2O3S2. The number of anilines is 1. The maximum Gasteiger partial charge on any atom is 0.243 e. The molecule has 0 aromatic heterocycles. The molecule has 0 heterocycles. The second-order valence-electron chi connectivity index (χ2n) is 7.92. The number of nitrogens with one attached hydrogen (secondary N) is 1. The average molecular weight is 636 g/mol. The maximum absolute atomic E-state index is 13.6. The molecule has 190 valence electrons. The first-order valence-electron chi connectivity index (χ1n) is 11.0. The quantitative estimate of drug-likeness (QED) is 0.204. The van der Waals surface area contributed by atoms with Gasteiger partial charge in [0.25, 0.3) is 0 Å². The predicted molar refractivity (Wildman–Crippen MR) is 154 cm³/mol. The van der Waals surface area contributed by atoms with E-state index in [2.05, 4.69) is 21.2 Å². The Balaban J connectivity index is 1.60. The van der Waals surface area contributed by atoms with Crippen molar-refractivity contribution in [3.8, 4) is 0 Å².